The van der Waals surface area contributed by atoms with Crippen LogP contribution in [-0.2, 0) is 6.42 Å². The Morgan fingerprint density at radius 2 is 2.06 bits per heavy atom. The molecule has 1 atom stereocenters. The number of alkyl halides is 3. The molecule has 1 aromatic rings. The van der Waals surface area contributed by atoms with Crippen LogP contribution in [0.25, 0.3) is 0 Å². The summed E-state index contributed by atoms with van der Waals surface area (Å²) < 4.78 is 37.5. The summed E-state index contributed by atoms with van der Waals surface area (Å²) in [6.07, 6.45) is -4.95. The van der Waals surface area contributed by atoms with Crippen LogP contribution in [0.3, 0.4) is 0 Å². The van der Waals surface area contributed by atoms with E-state index in [0.29, 0.717) is 0 Å². The van der Waals surface area contributed by atoms with Gasteiger partial charge < -0.3 is 5.32 Å². The summed E-state index contributed by atoms with van der Waals surface area (Å²) in [4.78, 5) is 21.3. The van der Waals surface area contributed by atoms with Crippen LogP contribution in [-0.4, -0.2) is 23.0 Å². The Balaban J connectivity index is 2.39. The molecule has 5 nitrogen and oxygen atoms in total. The zero-order valence-corrected chi connectivity index (χ0v) is 8.82. The first-order valence-corrected chi connectivity index (χ1v) is 4.94. The summed E-state index contributed by atoms with van der Waals surface area (Å²) in [7, 11) is 0. The smallest absolute Gasteiger partial charge is 0.340 e. The van der Waals surface area contributed by atoms with E-state index < -0.39 is 29.5 Å². The topological polar surface area (TPSA) is 72.2 Å². The lowest BCUT2D eigenvalue weighted by Gasteiger charge is -2.27. The summed E-state index contributed by atoms with van der Waals surface area (Å²) >= 11 is 0. The maximum atomic E-state index is 12.5. The van der Waals surface area contributed by atoms with Gasteiger partial charge in [0.2, 0.25) is 0 Å². The Kier molecular flexibility index (Phi) is 2.72. The van der Waals surface area contributed by atoms with Crippen LogP contribution in [0.5, 0.6) is 0 Å². The summed E-state index contributed by atoms with van der Waals surface area (Å²) in [6, 6.07) is 1.31. The van der Waals surface area contributed by atoms with E-state index in [9.17, 15) is 28.1 Å². The van der Waals surface area contributed by atoms with Crippen LogP contribution < -0.4 is 5.32 Å². The lowest BCUT2D eigenvalue weighted by molar-refractivity contribution is -0.384. The standard InChI is InChI=1S/C10H7F3N2O3/c11-10(12,13)8-3-5-1-2-6(15(17)18)4-7(5)9(16)14-8/h1-2,4,8H,3H2,(H,14,16). The van der Waals surface area contributed by atoms with Gasteiger partial charge in [0.25, 0.3) is 11.6 Å². The van der Waals surface area contributed by atoms with Gasteiger partial charge in [-0.25, -0.2) is 0 Å². The van der Waals surface area contributed by atoms with Crippen molar-refractivity contribution in [3.63, 3.8) is 0 Å². The van der Waals surface area contributed by atoms with Crippen molar-refractivity contribution in [3.8, 4) is 0 Å². The molecular formula is C10H7F3N2O3. The SMILES string of the molecule is O=C1NC(C(F)(F)F)Cc2ccc([N+](=O)[O-])cc21. The van der Waals surface area contributed by atoms with E-state index in [1.807, 2.05) is 0 Å². The Hall–Kier alpha value is -2.12. The van der Waals surface area contributed by atoms with Crippen molar-refractivity contribution >= 4 is 11.6 Å². The number of nitro benzene ring substituents is 1. The van der Waals surface area contributed by atoms with E-state index >= 15 is 0 Å². The zero-order chi connectivity index (χ0) is 13.5. The number of nitrogens with one attached hydrogen (secondary N) is 1. The van der Waals surface area contributed by atoms with E-state index in [0.717, 1.165) is 12.1 Å². The highest BCUT2D eigenvalue weighted by molar-refractivity contribution is 5.97. The van der Waals surface area contributed by atoms with Crippen molar-refractivity contribution in [2.75, 3.05) is 0 Å². The van der Waals surface area contributed by atoms with Crippen LogP contribution in [0.1, 0.15) is 15.9 Å². The number of hydrogen-bond acceptors (Lipinski definition) is 3. The van der Waals surface area contributed by atoms with E-state index in [1.165, 1.54) is 6.07 Å². The number of rotatable bonds is 1. The van der Waals surface area contributed by atoms with Crippen molar-refractivity contribution in [1.29, 1.82) is 0 Å². The van der Waals surface area contributed by atoms with Gasteiger partial charge >= 0.3 is 6.18 Å². The monoisotopic (exact) mass is 260 g/mol. The van der Waals surface area contributed by atoms with Gasteiger partial charge in [0.1, 0.15) is 6.04 Å². The van der Waals surface area contributed by atoms with Gasteiger partial charge in [-0.3, -0.25) is 14.9 Å². The van der Waals surface area contributed by atoms with Crippen molar-refractivity contribution in [2.45, 2.75) is 18.6 Å². The van der Waals surface area contributed by atoms with Crippen molar-refractivity contribution in [1.82, 2.24) is 5.32 Å². The van der Waals surface area contributed by atoms with Crippen LogP contribution in [0.2, 0.25) is 0 Å². The Morgan fingerprint density at radius 3 is 2.61 bits per heavy atom. The average Bonchev–Trinajstić information content (AvgIpc) is 2.27. The summed E-state index contributed by atoms with van der Waals surface area (Å²) in [5.41, 5.74) is -0.245. The van der Waals surface area contributed by atoms with E-state index in [-0.39, 0.29) is 16.8 Å². The third-order valence-electron chi connectivity index (χ3n) is 2.67. The van der Waals surface area contributed by atoms with Crippen molar-refractivity contribution in [2.24, 2.45) is 0 Å². The van der Waals surface area contributed by atoms with Gasteiger partial charge in [-0.05, 0) is 5.56 Å². The molecule has 0 saturated carbocycles. The molecule has 1 amide bonds. The number of amides is 1. The predicted octanol–water partition coefficient (Wildman–Crippen LogP) is 1.81. The minimum atomic E-state index is -4.53. The van der Waals surface area contributed by atoms with E-state index in [1.54, 1.807) is 5.32 Å². The number of non-ortho nitro benzene ring substituents is 1. The van der Waals surface area contributed by atoms with Gasteiger partial charge in [0.15, 0.2) is 0 Å². The number of benzene rings is 1. The molecule has 8 heteroatoms. The molecule has 1 N–H and O–H groups in total. The quantitative estimate of drug-likeness (QED) is 0.618. The number of nitro groups is 1. The molecule has 1 heterocycles. The number of halogens is 3. The van der Waals surface area contributed by atoms with Crippen LogP contribution in [0.4, 0.5) is 18.9 Å². The predicted molar refractivity (Wildman–Crippen MR) is 54.1 cm³/mol. The minimum absolute atomic E-state index is 0.0790. The number of nitrogens with zero attached hydrogens (tertiary/aromatic N) is 1. The second-order valence-electron chi connectivity index (χ2n) is 3.87. The van der Waals surface area contributed by atoms with Crippen LogP contribution in [0, 0.1) is 10.1 Å². The van der Waals surface area contributed by atoms with Gasteiger partial charge in [0, 0.05) is 24.1 Å². The second kappa shape index (κ2) is 3.97. The maximum absolute atomic E-state index is 12.5. The molecule has 18 heavy (non-hydrogen) atoms. The number of hydrogen-bond donors (Lipinski definition) is 1. The fourth-order valence-corrected chi connectivity index (χ4v) is 1.77. The van der Waals surface area contributed by atoms with E-state index in [2.05, 4.69) is 0 Å². The third-order valence-corrected chi connectivity index (χ3v) is 2.67. The first-order valence-electron chi connectivity index (χ1n) is 4.94. The molecular weight excluding hydrogens is 253 g/mol. The van der Waals surface area contributed by atoms with Gasteiger partial charge in [-0.15, -0.1) is 0 Å². The number of carbonyl (C=O) groups is 1. The summed E-state index contributed by atoms with van der Waals surface area (Å²) in [6.45, 7) is 0. The molecule has 0 radical (unpaired) electrons. The van der Waals surface area contributed by atoms with Gasteiger partial charge in [-0.2, -0.15) is 13.2 Å². The minimum Gasteiger partial charge on any atom is -0.340 e. The maximum Gasteiger partial charge on any atom is 0.408 e. The van der Waals surface area contributed by atoms with Crippen LogP contribution >= 0.6 is 0 Å². The molecule has 0 fully saturated rings. The third kappa shape index (κ3) is 2.13. The molecule has 2 rings (SSSR count). The molecule has 0 bridgehead atoms. The first-order chi connectivity index (χ1) is 8.29. The molecule has 0 aliphatic carbocycles. The molecule has 0 aromatic heterocycles. The fourth-order valence-electron chi connectivity index (χ4n) is 1.77. The lowest BCUT2D eigenvalue weighted by Crippen LogP contribution is -2.50. The molecule has 1 aromatic carbocycles. The highest BCUT2D eigenvalue weighted by atomic mass is 19.4. The largest absolute Gasteiger partial charge is 0.408 e. The fraction of sp³-hybridized carbons (Fsp3) is 0.300. The highest BCUT2D eigenvalue weighted by Crippen LogP contribution is 2.29. The first kappa shape index (κ1) is 12.3. The number of carbonyl (C=O) groups excluding carboxylic acids is 1. The lowest BCUT2D eigenvalue weighted by atomic mass is 9.94. The Morgan fingerprint density at radius 1 is 1.39 bits per heavy atom. The van der Waals surface area contributed by atoms with Crippen molar-refractivity contribution < 1.29 is 22.9 Å². The van der Waals surface area contributed by atoms with E-state index in [4.69, 9.17) is 0 Å². The molecule has 0 spiro atoms. The average molecular weight is 260 g/mol. The molecule has 1 aliphatic heterocycles. The molecule has 1 aliphatic rings. The summed E-state index contributed by atoms with van der Waals surface area (Å²) in [5, 5.41) is 12.3. The highest BCUT2D eigenvalue weighted by Gasteiger charge is 2.43. The Bertz CT molecular complexity index is 528. The zero-order valence-electron chi connectivity index (χ0n) is 8.82. The van der Waals surface area contributed by atoms with Gasteiger partial charge in [0.05, 0.1) is 4.92 Å². The molecule has 96 valence electrons. The second-order valence-corrected chi connectivity index (χ2v) is 3.87. The van der Waals surface area contributed by atoms with Crippen LogP contribution in [0.15, 0.2) is 18.2 Å². The number of fused-ring (bicyclic) bond motifs is 1. The molecule has 0 saturated heterocycles. The Labute approximate surface area is 98.7 Å². The summed E-state index contributed by atoms with van der Waals surface area (Å²) in [5.74, 6) is -0.942. The normalized spacial score (nSPS) is 19.1. The van der Waals surface area contributed by atoms with Crippen molar-refractivity contribution in [3.05, 3.63) is 39.4 Å². The van der Waals surface area contributed by atoms with Gasteiger partial charge in [-0.1, -0.05) is 6.07 Å². The molecule has 1 unspecified atom stereocenters.